The van der Waals surface area contributed by atoms with Gasteiger partial charge in [-0.3, -0.25) is 10.1 Å². The van der Waals surface area contributed by atoms with Crippen LogP contribution in [-0.2, 0) is 4.79 Å². The van der Waals surface area contributed by atoms with Gasteiger partial charge in [0.2, 0.25) is 5.13 Å². The van der Waals surface area contributed by atoms with Gasteiger partial charge in [-0.05, 0) is 31.9 Å². The number of rotatable bonds is 5. The molecule has 0 unspecified atom stereocenters. The summed E-state index contributed by atoms with van der Waals surface area (Å²) in [5.74, 6) is 0.985. The summed E-state index contributed by atoms with van der Waals surface area (Å²) in [6.45, 7) is 1.98. The third-order valence-electron chi connectivity index (χ3n) is 4.03. The number of aromatic nitrogens is 2. The average Bonchev–Trinajstić information content (AvgIpc) is 3.04. The van der Waals surface area contributed by atoms with Gasteiger partial charge in [-0.15, -0.1) is 10.2 Å². The van der Waals surface area contributed by atoms with Crippen LogP contribution in [0.3, 0.4) is 0 Å². The van der Waals surface area contributed by atoms with E-state index >= 15 is 0 Å². The highest BCUT2D eigenvalue weighted by Gasteiger charge is 2.20. The van der Waals surface area contributed by atoms with E-state index < -0.39 is 0 Å². The quantitative estimate of drug-likeness (QED) is 0.902. The van der Waals surface area contributed by atoms with Crippen LogP contribution in [0.1, 0.15) is 48.6 Å². The summed E-state index contributed by atoms with van der Waals surface area (Å²) in [5, 5.41) is 12.7. The lowest BCUT2D eigenvalue weighted by molar-refractivity contribution is -0.118. The molecule has 6 heteroatoms. The smallest absolute Gasteiger partial charge is 0.264 e. The van der Waals surface area contributed by atoms with Gasteiger partial charge in [-0.25, -0.2) is 0 Å². The molecule has 0 spiro atoms. The van der Waals surface area contributed by atoms with Crippen molar-refractivity contribution in [1.29, 1.82) is 0 Å². The van der Waals surface area contributed by atoms with E-state index in [4.69, 9.17) is 4.74 Å². The van der Waals surface area contributed by atoms with Crippen molar-refractivity contribution in [3.63, 3.8) is 0 Å². The Morgan fingerprint density at radius 3 is 2.70 bits per heavy atom. The molecule has 1 saturated carbocycles. The number of hydrogen-bond acceptors (Lipinski definition) is 5. The molecule has 0 saturated heterocycles. The molecule has 1 amide bonds. The van der Waals surface area contributed by atoms with E-state index in [0.717, 1.165) is 10.6 Å². The molecule has 1 aliphatic rings. The Hall–Kier alpha value is -1.95. The van der Waals surface area contributed by atoms with Crippen LogP contribution in [0.5, 0.6) is 5.75 Å². The molecule has 3 rings (SSSR count). The van der Waals surface area contributed by atoms with Crippen LogP contribution in [0, 0.1) is 6.92 Å². The second-order valence-electron chi connectivity index (χ2n) is 5.93. The van der Waals surface area contributed by atoms with E-state index in [1.165, 1.54) is 43.4 Å². The van der Waals surface area contributed by atoms with E-state index in [2.05, 4.69) is 15.5 Å². The van der Waals surface area contributed by atoms with Gasteiger partial charge >= 0.3 is 0 Å². The summed E-state index contributed by atoms with van der Waals surface area (Å²) < 4.78 is 5.46. The van der Waals surface area contributed by atoms with Crippen LogP contribution in [-0.4, -0.2) is 22.7 Å². The first-order valence-electron chi connectivity index (χ1n) is 8.03. The van der Waals surface area contributed by atoms with Crippen LogP contribution in [0.25, 0.3) is 0 Å². The number of amides is 1. The van der Waals surface area contributed by atoms with Gasteiger partial charge < -0.3 is 4.74 Å². The molecular weight excluding hydrogens is 310 g/mol. The highest BCUT2D eigenvalue weighted by atomic mass is 32.1. The third-order valence-corrected chi connectivity index (χ3v) is 5.03. The van der Waals surface area contributed by atoms with Crippen molar-refractivity contribution in [3.8, 4) is 5.75 Å². The number of aryl methyl sites for hydroxylation is 1. The molecule has 23 heavy (non-hydrogen) atoms. The third kappa shape index (κ3) is 4.51. The standard InChI is InChI=1S/C17H21N3O2S/c1-12-7-9-14(10-8-12)22-11-15(21)18-17-20-19-16(23-17)13-5-3-2-4-6-13/h7-10,13H,2-6,11H2,1H3,(H,18,20,21). The van der Waals surface area contributed by atoms with Crippen LogP contribution < -0.4 is 10.1 Å². The fraction of sp³-hybridized carbons (Fsp3) is 0.471. The highest BCUT2D eigenvalue weighted by molar-refractivity contribution is 7.15. The van der Waals surface area contributed by atoms with Crippen LogP contribution in [0.2, 0.25) is 0 Å². The molecule has 1 N–H and O–H groups in total. The second kappa shape index (κ2) is 7.55. The fourth-order valence-electron chi connectivity index (χ4n) is 2.74. The zero-order valence-corrected chi connectivity index (χ0v) is 14.1. The van der Waals surface area contributed by atoms with Crippen molar-refractivity contribution >= 4 is 22.4 Å². The predicted octanol–water partition coefficient (Wildman–Crippen LogP) is 3.91. The summed E-state index contributed by atoms with van der Waals surface area (Å²) in [6, 6.07) is 7.62. The monoisotopic (exact) mass is 331 g/mol. The number of nitrogens with one attached hydrogen (secondary N) is 1. The number of benzene rings is 1. The maximum Gasteiger partial charge on any atom is 0.264 e. The van der Waals surface area contributed by atoms with Crippen LogP contribution in [0.4, 0.5) is 5.13 Å². The summed E-state index contributed by atoms with van der Waals surface area (Å²) in [4.78, 5) is 11.9. The minimum Gasteiger partial charge on any atom is -0.484 e. The molecule has 1 aromatic heterocycles. The average molecular weight is 331 g/mol. The van der Waals surface area contributed by atoms with Gasteiger partial charge in [0.05, 0.1) is 0 Å². The molecule has 1 heterocycles. The van der Waals surface area contributed by atoms with Gasteiger partial charge in [0.1, 0.15) is 10.8 Å². The molecule has 122 valence electrons. The minimum absolute atomic E-state index is 0.0264. The van der Waals surface area contributed by atoms with Crippen molar-refractivity contribution in [1.82, 2.24) is 10.2 Å². The highest BCUT2D eigenvalue weighted by Crippen LogP contribution is 2.35. The van der Waals surface area contributed by atoms with E-state index in [-0.39, 0.29) is 12.5 Å². The van der Waals surface area contributed by atoms with Crippen molar-refractivity contribution < 1.29 is 9.53 Å². The van der Waals surface area contributed by atoms with Gasteiger partial charge in [-0.2, -0.15) is 0 Å². The molecule has 1 aliphatic carbocycles. The van der Waals surface area contributed by atoms with Crippen molar-refractivity contribution in [2.24, 2.45) is 0 Å². The number of carbonyl (C=O) groups is 1. The Labute approximate surface area is 140 Å². The van der Waals surface area contributed by atoms with Crippen LogP contribution in [0.15, 0.2) is 24.3 Å². The Bertz CT molecular complexity index is 648. The first-order valence-corrected chi connectivity index (χ1v) is 8.85. The Morgan fingerprint density at radius 1 is 1.22 bits per heavy atom. The lowest BCUT2D eigenvalue weighted by Gasteiger charge is -2.18. The number of ether oxygens (including phenoxy) is 1. The second-order valence-corrected chi connectivity index (χ2v) is 6.94. The van der Waals surface area contributed by atoms with E-state index in [9.17, 15) is 4.79 Å². The lowest BCUT2D eigenvalue weighted by atomic mass is 9.90. The fourth-order valence-corrected chi connectivity index (χ4v) is 3.67. The topological polar surface area (TPSA) is 64.1 Å². The molecule has 2 aromatic rings. The molecule has 1 aromatic carbocycles. The summed E-state index contributed by atoms with van der Waals surface area (Å²) in [7, 11) is 0. The normalized spacial score (nSPS) is 15.3. The minimum atomic E-state index is -0.211. The van der Waals surface area contributed by atoms with Gasteiger partial charge in [0.25, 0.3) is 5.91 Å². The number of anilines is 1. The number of nitrogens with zero attached hydrogens (tertiary/aromatic N) is 2. The summed E-state index contributed by atoms with van der Waals surface area (Å²) >= 11 is 1.48. The van der Waals surface area contributed by atoms with Gasteiger partial charge in [0.15, 0.2) is 6.61 Å². The Kier molecular flexibility index (Phi) is 5.23. The molecule has 0 bridgehead atoms. The largest absolute Gasteiger partial charge is 0.484 e. The SMILES string of the molecule is Cc1ccc(OCC(=O)Nc2nnc(C3CCCCC3)s2)cc1. The van der Waals surface area contributed by atoms with E-state index in [0.29, 0.717) is 16.8 Å². The summed E-state index contributed by atoms with van der Waals surface area (Å²) in [6.07, 6.45) is 6.19. The maximum atomic E-state index is 11.9. The van der Waals surface area contributed by atoms with Gasteiger partial charge in [-0.1, -0.05) is 48.3 Å². The Balaban J connectivity index is 1.49. The molecule has 0 radical (unpaired) electrons. The lowest BCUT2D eigenvalue weighted by Crippen LogP contribution is -2.20. The molecular formula is C17H21N3O2S. The van der Waals surface area contributed by atoms with Gasteiger partial charge in [0, 0.05) is 5.92 Å². The van der Waals surface area contributed by atoms with Crippen molar-refractivity contribution in [2.75, 3.05) is 11.9 Å². The Morgan fingerprint density at radius 2 is 1.96 bits per heavy atom. The van der Waals surface area contributed by atoms with E-state index in [1.807, 2.05) is 31.2 Å². The first kappa shape index (κ1) is 15.9. The zero-order valence-electron chi connectivity index (χ0n) is 13.2. The van der Waals surface area contributed by atoms with Crippen molar-refractivity contribution in [3.05, 3.63) is 34.8 Å². The molecule has 0 atom stereocenters. The maximum absolute atomic E-state index is 11.9. The molecule has 5 nitrogen and oxygen atoms in total. The predicted molar refractivity (Wildman–Crippen MR) is 91.0 cm³/mol. The summed E-state index contributed by atoms with van der Waals surface area (Å²) in [5.41, 5.74) is 1.16. The first-order chi connectivity index (χ1) is 11.2. The molecule has 0 aliphatic heterocycles. The van der Waals surface area contributed by atoms with Crippen LogP contribution >= 0.6 is 11.3 Å². The molecule has 1 fully saturated rings. The zero-order chi connectivity index (χ0) is 16.1. The van der Waals surface area contributed by atoms with Crippen molar-refractivity contribution in [2.45, 2.75) is 44.9 Å². The number of carbonyl (C=O) groups excluding carboxylic acids is 1. The number of hydrogen-bond donors (Lipinski definition) is 1. The van der Waals surface area contributed by atoms with E-state index in [1.54, 1.807) is 0 Å².